The van der Waals surface area contributed by atoms with Crippen molar-refractivity contribution in [3.63, 3.8) is 0 Å². The summed E-state index contributed by atoms with van der Waals surface area (Å²) in [4.78, 5) is 30.4. The van der Waals surface area contributed by atoms with Gasteiger partial charge in [-0.3, -0.25) is 14.5 Å². The molecule has 0 atom stereocenters. The van der Waals surface area contributed by atoms with Crippen LogP contribution in [0.3, 0.4) is 0 Å². The molecule has 3 aromatic rings. The Hall–Kier alpha value is -3.11. The van der Waals surface area contributed by atoms with Gasteiger partial charge in [0.25, 0.3) is 0 Å². The molecule has 156 valence electrons. The van der Waals surface area contributed by atoms with Gasteiger partial charge < -0.3 is 5.32 Å². The zero-order valence-electron chi connectivity index (χ0n) is 16.2. The monoisotopic (exact) mass is 472 g/mol. The van der Waals surface area contributed by atoms with E-state index in [0.717, 1.165) is 0 Å². The maximum Gasteiger partial charge on any atom is 0.229 e. The van der Waals surface area contributed by atoms with Crippen LogP contribution in [0.5, 0.6) is 0 Å². The summed E-state index contributed by atoms with van der Waals surface area (Å²) in [5.41, 5.74) is 1.60. The van der Waals surface area contributed by atoms with E-state index >= 15 is 0 Å². The number of carbonyl (C=O) groups is 2. The number of halogens is 3. The molecule has 0 saturated heterocycles. The molecular formula is C22H15Cl3N4O2. The Morgan fingerprint density at radius 2 is 1.77 bits per heavy atom. The van der Waals surface area contributed by atoms with Crippen LogP contribution in [0.2, 0.25) is 15.1 Å². The molecule has 0 aliphatic rings. The number of aromatic nitrogens is 1. The third kappa shape index (κ3) is 5.33. The van der Waals surface area contributed by atoms with E-state index in [-0.39, 0.29) is 34.6 Å². The summed E-state index contributed by atoms with van der Waals surface area (Å²) in [6.45, 7) is 1.37. The minimum atomic E-state index is -0.334. The van der Waals surface area contributed by atoms with Crippen LogP contribution in [0, 0.1) is 11.3 Å². The van der Waals surface area contributed by atoms with Gasteiger partial charge in [0.05, 0.1) is 22.7 Å². The van der Waals surface area contributed by atoms with Crippen LogP contribution in [0.4, 0.5) is 17.2 Å². The largest absolute Gasteiger partial charge is 0.326 e. The molecule has 2 aromatic carbocycles. The first-order valence-corrected chi connectivity index (χ1v) is 10.1. The fraction of sp³-hybridized carbons (Fsp3) is 0.0909. The van der Waals surface area contributed by atoms with Crippen LogP contribution >= 0.6 is 34.8 Å². The molecule has 1 N–H and O–H groups in total. The van der Waals surface area contributed by atoms with E-state index in [4.69, 9.17) is 34.8 Å². The number of nitrogens with zero attached hydrogens (tertiary/aromatic N) is 3. The van der Waals surface area contributed by atoms with E-state index in [2.05, 4.69) is 10.3 Å². The predicted octanol–water partition coefficient (Wildman–Crippen LogP) is 5.78. The molecule has 0 aliphatic carbocycles. The smallest absolute Gasteiger partial charge is 0.229 e. The van der Waals surface area contributed by atoms with Crippen molar-refractivity contribution < 1.29 is 9.59 Å². The maximum atomic E-state index is 12.5. The summed E-state index contributed by atoms with van der Waals surface area (Å²) >= 11 is 18.3. The van der Waals surface area contributed by atoms with E-state index in [1.54, 1.807) is 36.4 Å². The summed E-state index contributed by atoms with van der Waals surface area (Å²) in [6, 6.07) is 14.8. The summed E-state index contributed by atoms with van der Waals surface area (Å²) in [6.07, 6.45) is 1.44. The minimum Gasteiger partial charge on any atom is -0.326 e. The molecule has 2 amide bonds. The number of nitriles is 1. The number of nitrogens with one attached hydrogen (secondary N) is 1. The second-order valence-corrected chi connectivity index (χ2v) is 7.68. The molecule has 31 heavy (non-hydrogen) atoms. The number of hydrogen-bond acceptors (Lipinski definition) is 4. The van der Waals surface area contributed by atoms with Gasteiger partial charge in [-0.05, 0) is 42.0 Å². The fourth-order valence-electron chi connectivity index (χ4n) is 2.90. The van der Waals surface area contributed by atoms with Crippen molar-refractivity contribution in [3.05, 3.63) is 80.9 Å². The average molecular weight is 474 g/mol. The normalized spacial score (nSPS) is 10.3. The highest BCUT2D eigenvalue weighted by Gasteiger charge is 2.18. The number of hydrogen-bond donors (Lipinski definition) is 1. The van der Waals surface area contributed by atoms with Crippen LogP contribution in [0.1, 0.15) is 18.1 Å². The lowest BCUT2D eigenvalue weighted by Gasteiger charge is -2.21. The van der Waals surface area contributed by atoms with Crippen LogP contribution in [-0.2, 0) is 16.0 Å². The standard InChI is InChI=1S/C22H15Cl3N4O2/c1-13(30)29(16-5-6-18(23)14(9-16)12-26)21-10-15(7-8-27-21)28-22(31)11-17-19(24)3-2-4-20(17)25/h2-10H,11H2,1H3,(H,27,28,31). The molecule has 1 heterocycles. The third-order valence-electron chi connectivity index (χ3n) is 4.30. The molecule has 0 unspecified atom stereocenters. The van der Waals surface area contributed by atoms with Gasteiger partial charge in [-0.25, -0.2) is 4.98 Å². The summed E-state index contributed by atoms with van der Waals surface area (Å²) in [5, 5.41) is 13.1. The Morgan fingerprint density at radius 3 is 2.42 bits per heavy atom. The van der Waals surface area contributed by atoms with Crippen molar-refractivity contribution in [2.45, 2.75) is 13.3 Å². The van der Waals surface area contributed by atoms with Gasteiger partial charge in [-0.1, -0.05) is 40.9 Å². The van der Waals surface area contributed by atoms with Crippen LogP contribution in [-0.4, -0.2) is 16.8 Å². The minimum absolute atomic E-state index is 0.0186. The van der Waals surface area contributed by atoms with Crippen molar-refractivity contribution in [2.75, 3.05) is 10.2 Å². The second-order valence-electron chi connectivity index (χ2n) is 6.46. The Bertz CT molecular complexity index is 1190. The van der Waals surface area contributed by atoms with E-state index in [1.165, 1.54) is 30.2 Å². The number of benzene rings is 2. The van der Waals surface area contributed by atoms with E-state index < -0.39 is 0 Å². The number of carbonyl (C=O) groups excluding carboxylic acids is 2. The number of amides is 2. The zero-order chi connectivity index (χ0) is 22.5. The lowest BCUT2D eigenvalue weighted by atomic mass is 10.1. The summed E-state index contributed by atoms with van der Waals surface area (Å²) in [5.74, 6) is -0.392. The van der Waals surface area contributed by atoms with Gasteiger partial charge in [0.1, 0.15) is 11.9 Å². The second kappa shape index (κ2) is 9.80. The molecule has 6 nitrogen and oxygen atoms in total. The molecule has 0 radical (unpaired) electrons. The first kappa shape index (κ1) is 22.6. The lowest BCUT2D eigenvalue weighted by molar-refractivity contribution is -0.116. The van der Waals surface area contributed by atoms with Gasteiger partial charge in [0.15, 0.2) is 0 Å². The molecule has 0 bridgehead atoms. The maximum absolute atomic E-state index is 12.5. The lowest BCUT2D eigenvalue weighted by Crippen LogP contribution is -2.24. The molecule has 0 saturated carbocycles. The van der Waals surface area contributed by atoms with E-state index in [1.807, 2.05) is 6.07 Å². The third-order valence-corrected chi connectivity index (χ3v) is 5.34. The van der Waals surface area contributed by atoms with Crippen molar-refractivity contribution in [2.24, 2.45) is 0 Å². The molecule has 0 fully saturated rings. The summed E-state index contributed by atoms with van der Waals surface area (Å²) in [7, 11) is 0. The molecule has 3 rings (SSSR count). The van der Waals surface area contributed by atoms with Crippen LogP contribution in [0.15, 0.2) is 54.7 Å². The van der Waals surface area contributed by atoms with Crippen molar-refractivity contribution in [1.82, 2.24) is 4.98 Å². The van der Waals surface area contributed by atoms with Crippen LogP contribution in [0.25, 0.3) is 0 Å². The molecule has 1 aromatic heterocycles. The molecule has 0 spiro atoms. The number of pyridine rings is 1. The van der Waals surface area contributed by atoms with E-state index in [9.17, 15) is 14.9 Å². The first-order chi connectivity index (χ1) is 14.8. The van der Waals surface area contributed by atoms with Gasteiger partial charge in [0.2, 0.25) is 11.8 Å². The topological polar surface area (TPSA) is 86.1 Å². The van der Waals surface area contributed by atoms with Crippen molar-refractivity contribution in [1.29, 1.82) is 5.26 Å². The highest BCUT2D eigenvalue weighted by atomic mass is 35.5. The fourth-order valence-corrected chi connectivity index (χ4v) is 3.59. The highest BCUT2D eigenvalue weighted by molar-refractivity contribution is 6.36. The zero-order valence-corrected chi connectivity index (χ0v) is 18.5. The van der Waals surface area contributed by atoms with Gasteiger partial charge in [0, 0.05) is 34.9 Å². The Balaban J connectivity index is 1.86. The highest BCUT2D eigenvalue weighted by Crippen LogP contribution is 2.29. The average Bonchev–Trinajstić information content (AvgIpc) is 2.72. The molecular weight excluding hydrogens is 459 g/mol. The Kier molecular flexibility index (Phi) is 7.13. The number of rotatable bonds is 5. The van der Waals surface area contributed by atoms with Crippen molar-refractivity contribution in [3.8, 4) is 6.07 Å². The molecule has 9 heteroatoms. The molecule has 0 aliphatic heterocycles. The Morgan fingerprint density at radius 1 is 1.06 bits per heavy atom. The first-order valence-electron chi connectivity index (χ1n) is 8.99. The predicted molar refractivity (Wildman–Crippen MR) is 122 cm³/mol. The van der Waals surface area contributed by atoms with E-state index in [0.29, 0.717) is 27.0 Å². The van der Waals surface area contributed by atoms with Crippen LogP contribution < -0.4 is 10.2 Å². The van der Waals surface area contributed by atoms with Gasteiger partial charge in [-0.15, -0.1) is 0 Å². The number of anilines is 3. The quantitative estimate of drug-likeness (QED) is 0.509. The SMILES string of the molecule is CC(=O)N(c1ccc(Cl)c(C#N)c1)c1cc(NC(=O)Cc2c(Cl)cccc2Cl)ccn1. The van der Waals surface area contributed by atoms with Gasteiger partial charge >= 0.3 is 0 Å². The van der Waals surface area contributed by atoms with Gasteiger partial charge in [-0.2, -0.15) is 5.26 Å². The van der Waals surface area contributed by atoms with Crippen molar-refractivity contribution >= 4 is 63.8 Å². The Labute approximate surface area is 194 Å². The summed E-state index contributed by atoms with van der Waals surface area (Å²) < 4.78 is 0.